The number of hydrogen-bond acceptors (Lipinski definition) is 2. The van der Waals surface area contributed by atoms with Gasteiger partial charge in [-0.15, -0.1) is 0 Å². The van der Waals surface area contributed by atoms with Crippen molar-refractivity contribution in [3.8, 4) is 0 Å². The predicted molar refractivity (Wildman–Crippen MR) is 106 cm³/mol. The third kappa shape index (κ3) is 3.41. The van der Waals surface area contributed by atoms with E-state index in [0.29, 0.717) is 34.4 Å². The number of carbonyl (C=O) groups excluding carboxylic acids is 1. The minimum absolute atomic E-state index is 0.181. The molecular formula is C20H35N3OS. The van der Waals surface area contributed by atoms with Gasteiger partial charge in [0.15, 0.2) is 5.11 Å². The lowest BCUT2D eigenvalue weighted by Gasteiger charge is -2.63. The SMILES string of the molecule is C[C@@H]1[C@@H]2CC(CN1C(=O)[C@@H](NC(=S)NC1CCC1)C(C)(C)C)C2(C)C. The number of carbonyl (C=O) groups is 1. The molecule has 4 aliphatic rings. The van der Waals surface area contributed by atoms with Crippen LogP contribution in [0.25, 0.3) is 0 Å². The van der Waals surface area contributed by atoms with E-state index >= 15 is 0 Å². The van der Waals surface area contributed by atoms with Crippen LogP contribution in [0.4, 0.5) is 0 Å². The molecule has 2 N–H and O–H groups in total. The third-order valence-corrected chi connectivity index (χ3v) is 7.38. The lowest BCUT2D eigenvalue weighted by atomic mass is 9.50. The molecule has 2 saturated carbocycles. The normalized spacial score (nSPS) is 32.2. The van der Waals surface area contributed by atoms with Crippen LogP contribution in [0.3, 0.4) is 0 Å². The predicted octanol–water partition coefficient (Wildman–Crippen LogP) is 3.31. The Balaban J connectivity index is 1.68. The highest BCUT2D eigenvalue weighted by molar-refractivity contribution is 7.80. The van der Waals surface area contributed by atoms with Crippen LogP contribution in [0.2, 0.25) is 0 Å². The fourth-order valence-electron chi connectivity index (χ4n) is 4.82. The fraction of sp³-hybridized carbons (Fsp3) is 0.900. The van der Waals surface area contributed by atoms with Gasteiger partial charge >= 0.3 is 0 Å². The molecule has 0 spiro atoms. The second-order valence-corrected chi connectivity index (χ2v) is 10.5. The molecule has 2 saturated heterocycles. The number of hydrogen-bond donors (Lipinski definition) is 2. The minimum atomic E-state index is -0.282. The average Bonchev–Trinajstić information content (AvgIpc) is 2.46. The Morgan fingerprint density at radius 3 is 2.36 bits per heavy atom. The fourth-order valence-corrected chi connectivity index (χ4v) is 5.11. The van der Waals surface area contributed by atoms with E-state index in [0.717, 1.165) is 6.54 Å². The van der Waals surface area contributed by atoms with Crippen molar-refractivity contribution < 1.29 is 4.79 Å². The molecule has 1 unspecified atom stereocenters. The maximum atomic E-state index is 13.4. The van der Waals surface area contributed by atoms with Gasteiger partial charge in [-0.05, 0) is 67.5 Å². The Morgan fingerprint density at radius 1 is 1.28 bits per heavy atom. The summed E-state index contributed by atoms with van der Waals surface area (Å²) < 4.78 is 0. The van der Waals surface area contributed by atoms with Crippen LogP contribution in [-0.2, 0) is 4.79 Å². The number of nitrogens with one attached hydrogen (secondary N) is 2. The van der Waals surface area contributed by atoms with Gasteiger partial charge in [-0.3, -0.25) is 4.79 Å². The molecule has 1 amide bonds. The summed E-state index contributed by atoms with van der Waals surface area (Å²) in [7, 11) is 0. The first kappa shape index (κ1) is 18.9. The van der Waals surface area contributed by atoms with Crippen LogP contribution in [-0.4, -0.2) is 40.6 Å². The quantitative estimate of drug-likeness (QED) is 0.753. The van der Waals surface area contributed by atoms with E-state index in [4.69, 9.17) is 12.2 Å². The van der Waals surface area contributed by atoms with E-state index in [1.54, 1.807) is 0 Å². The number of amides is 1. The van der Waals surface area contributed by atoms with E-state index in [1.165, 1.54) is 25.7 Å². The molecule has 5 heteroatoms. The van der Waals surface area contributed by atoms with Gasteiger partial charge in [0.25, 0.3) is 0 Å². The second kappa shape index (κ2) is 6.40. The highest BCUT2D eigenvalue weighted by Gasteiger charge is 2.57. The molecule has 0 aromatic rings. The van der Waals surface area contributed by atoms with Gasteiger partial charge in [-0.2, -0.15) is 0 Å². The Bertz CT molecular complexity index is 550. The number of nitrogens with zero attached hydrogens (tertiary/aromatic N) is 1. The molecule has 0 aromatic carbocycles. The van der Waals surface area contributed by atoms with Gasteiger partial charge in [0.2, 0.25) is 5.91 Å². The van der Waals surface area contributed by atoms with E-state index in [-0.39, 0.29) is 17.4 Å². The van der Waals surface area contributed by atoms with Crippen molar-refractivity contribution in [2.75, 3.05) is 6.54 Å². The maximum Gasteiger partial charge on any atom is 0.245 e. The second-order valence-electron chi connectivity index (χ2n) is 10.1. The van der Waals surface area contributed by atoms with Crippen LogP contribution < -0.4 is 10.6 Å². The smallest absolute Gasteiger partial charge is 0.245 e. The summed E-state index contributed by atoms with van der Waals surface area (Å²) in [6.45, 7) is 14.2. The van der Waals surface area contributed by atoms with Gasteiger partial charge in [-0.25, -0.2) is 0 Å². The lowest BCUT2D eigenvalue weighted by molar-refractivity contribution is -0.169. The molecule has 0 aromatic heterocycles. The van der Waals surface area contributed by atoms with Crippen LogP contribution in [0.15, 0.2) is 0 Å². The molecule has 2 bridgehead atoms. The van der Waals surface area contributed by atoms with Crippen molar-refractivity contribution in [2.45, 2.75) is 85.4 Å². The third-order valence-electron chi connectivity index (χ3n) is 7.15. The largest absolute Gasteiger partial charge is 0.360 e. The summed E-state index contributed by atoms with van der Waals surface area (Å²) in [6, 6.07) is 0.515. The van der Waals surface area contributed by atoms with Crippen LogP contribution >= 0.6 is 12.2 Å². The summed E-state index contributed by atoms with van der Waals surface area (Å²) >= 11 is 5.50. The van der Waals surface area contributed by atoms with E-state index in [1.807, 2.05) is 0 Å². The summed E-state index contributed by atoms with van der Waals surface area (Å²) in [6.07, 6.45) is 4.90. The van der Waals surface area contributed by atoms with Crippen molar-refractivity contribution >= 4 is 23.2 Å². The summed E-state index contributed by atoms with van der Waals surface area (Å²) in [5.41, 5.74) is 0.196. The number of piperidine rings is 2. The van der Waals surface area contributed by atoms with E-state index in [9.17, 15) is 4.79 Å². The zero-order chi connectivity index (χ0) is 18.6. The Kier molecular flexibility index (Phi) is 4.85. The molecular weight excluding hydrogens is 330 g/mol. The van der Waals surface area contributed by atoms with Crippen LogP contribution in [0.1, 0.15) is 67.2 Å². The first-order chi connectivity index (χ1) is 11.5. The standard InChI is InChI=1S/C20H35N3OS/c1-12-15-10-13(20(15,5)6)11-23(12)17(24)16(19(2,3)4)22-18(25)21-14-8-7-9-14/h12-16H,7-11H2,1-6H3,(H2,21,22,25)/t12-,13?,15+,16-/m1/s1. The zero-order valence-corrected chi connectivity index (χ0v) is 17.5. The van der Waals surface area contributed by atoms with Crippen LogP contribution in [0.5, 0.6) is 0 Å². The topological polar surface area (TPSA) is 44.4 Å². The van der Waals surface area contributed by atoms with Crippen LogP contribution in [0, 0.1) is 22.7 Å². The number of rotatable bonds is 3. The van der Waals surface area contributed by atoms with Gasteiger partial charge < -0.3 is 15.5 Å². The first-order valence-electron chi connectivity index (χ1n) is 9.89. The van der Waals surface area contributed by atoms with Crippen molar-refractivity contribution in [3.63, 3.8) is 0 Å². The molecule has 4 fully saturated rings. The zero-order valence-electron chi connectivity index (χ0n) is 16.7. The molecule has 0 radical (unpaired) electrons. The van der Waals surface area contributed by atoms with Crippen molar-refractivity contribution in [1.82, 2.24) is 15.5 Å². The summed E-state index contributed by atoms with van der Waals surface area (Å²) in [5, 5.41) is 7.35. The summed E-state index contributed by atoms with van der Waals surface area (Å²) in [4.78, 5) is 15.5. The highest BCUT2D eigenvalue weighted by Crippen LogP contribution is 2.57. The Labute approximate surface area is 158 Å². The van der Waals surface area contributed by atoms with Crippen molar-refractivity contribution in [1.29, 1.82) is 0 Å². The molecule has 2 aliphatic heterocycles. The summed E-state index contributed by atoms with van der Waals surface area (Å²) in [5.74, 6) is 1.47. The van der Waals surface area contributed by atoms with Crippen molar-refractivity contribution in [2.24, 2.45) is 22.7 Å². The average molecular weight is 366 g/mol. The molecule has 4 rings (SSSR count). The number of thiocarbonyl (C=S) groups is 1. The highest BCUT2D eigenvalue weighted by atomic mass is 32.1. The van der Waals surface area contributed by atoms with Crippen molar-refractivity contribution in [3.05, 3.63) is 0 Å². The maximum absolute atomic E-state index is 13.4. The lowest BCUT2D eigenvalue weighted by Crippen LogP contribution is -2.68. The molecule has 4 nitrogen and oxygen atoms in total. The van der Waals surface area contributed by atoms with E-state index in [2.05, 4.69) is 57.1 Å². The first-order valence-corrected chi connectivity index (χ1v) is 10.3. The Morgan fingerprint density at radius 2 is 1.92 bits per heavy atom. The van der Waals surface area contributed by atoms with E-state index < -0.39 is 0 Å². The van der Waals surface area contributed by atoms with Gasteiger partial charge in [0.05, 0.1) is 0 Å². The van der Waals surface area contributed by atoms with Gasteiger partial charge in [0, 0.05) is 18.6 Å². The molecule has 2 heterocycles. The monoisotopic (exact) mass is 365 g/mol. The molecule has 4 atom stereocenters. The molecule has 142 valence electrons. The van der Waals surface area contributed by atoms with Gasteiger partial charge in [0.1, 0.15) is 6.04 Å². The molecule has 2 aliphatic carbocycles. The Hall–Kier alpha value is -0.840. The van der Waals surface area contributed by atoms with Gasteiger partial charge in [-0.1, -0.05) is 34.6 Å². The minimum Gasteiger partial charge on any atom is -0.360 e. The molecule has 25 heavy (non-hydrogen) atoms. The number of fused-ring (bicyclic) bond motifs is 2.